The van der Waals surface area contributed by atoms with Crippen LogP contribution in [0.4, 0.5) is 0 Å². The average molecular weight is 191 g/mol. The van der Waals surface area contributed by atoms with Gasteiger partial charge >= 0.3 is 0 Å². The van der Waals surface area contributed by atoms with Gasteiger partial charge in [-0.2, -0.15) is 0 Å². The highest BCUT2D eigenvalue weighted by atomic mass is 16.7. The smallest absolute Gasteiger partial charge is 0.183 e. The Morgan fingerprint density at radius 2 is 1.85 bits per heavy atom. The maximum absolute atomic E-state index is 9.90. The Morgan fingerprint density at radius 3 is 2.08 bits per heavy atom. The third-order valence-electron chi connectivity index (χ3n) is 2.71. The number of nitrogens with two attached hydrogens (primary N) is 1. The topological polar surface area (TPSA) is 64.7 Å². The van der Waals surface area contributed by atoms with E-state index in [4.69, 9.17) is 15.2 Å². The lowest BCUT2D eigenvalue weighted by atomic mass is 9.81. The summed E-state index contributed by atoms with van der Waals surface area (Å²) in [5.74, 6) is 0. The number of hydrogen-bond acceptors (Lipinski definition) is 4. The molecule has 3 N–H and O–H groups in total. The minimum Gasteiger partial charge on any atom is -0.387 e. The molecule has 0 saturated heterocycles. The first kappa shape index (κ1) is 12.8. The Kier molecular flexibility index (Phi) is 5.48. The third-order valence-corrected chi connectivity index (χ3v) is 2.71. The van der Waals surface area contributed by atoms with Crippen LogP contribution in [-0.2, 0) is 9.47 Å². The maximum atomic E-state index is 9.90. The first-order valence-electron chi connectivity index (χ1n) is 4.49. The van der Waals surface area contributed by atoms with Gasteiger partial charge in [-0.25, -0.2) is 0 Å². The van der Waals surface area contributed by atoms with E-state index in [0.717, 1.165) is 6.42 Å². The predicted molar refractivity (Wildman–Crippen MR) is 51.3 cm³/mol. The summed E-state index contributed by atoms with van der Waals surface area (Å²) in [7, 11) is 3.01. The summed E-state index contributed by atoms with van der Waals surface area (Å²) in [5.41, 5.74) is 5.24. The highest BCUT2D eigenvalue weighted by Crippen LogP contribution is 2.27. The molecule has 0 aliphatic rings. The summed E-state index contributed by atoms with van der Waals surface area (Å²) in [4.78, 5) is 0. The molecule has 13 heavy (non-hydrogen) atoms. The van der Waals surface area contributed by atoms with Gasteiger partial charge in [-0.1, -0.05) is 13.8 Å². The van der Waals surface area contributed by atoms with E-state index in [2.05, 4.69) is 0 Å². The van der Waals surface area contributed by atoms with Crippen molar-refractivity contribution in [3.8, 4) is 0 Å². The molecule has 0 rings (SSSR count). The Hall–Kier alpha value is -0.160. The number of rotatable bonds is 6. The lowest BCUT2D eigenvalue weighted by Gasteiger charge is -2.35. The Balaban J connectivity index is 4.42. The molecule has 4 heteroatoms. The molecule has 0 aromatic heterocycles. The predicted octanol–water partition coefficient (Wildman–Crippen LogP) is 0.341. The van der Waals surface area contributed by atoms with Crippen LogP contribution in [0.1, 0.15) is 20.3 Å². The van der Waals surface area contributed by atoms with E-state index in [1.807, 2.05) is 13.8 Å². The molecule has 2 atom stereocenters. The summed E-state index contributed by atoms with van der Waals surface area (Å²) >= 11 is 0. The van der Waals surface area contributed by atoms with Gasteiger partial charge in [0.2, 0.25) is 0 Å². The van der Waals surface area contributed by atoms with Crippen molar-refractivity contribution in [1.82, 2.24) is 0 Å². The summed E-state index contributed by atoms with van der Waals surface area (Å²) in [6.07, 6.45) is -0.514. The van der Waals surface area contributed by atoms with Crippen LogP contribution < -0.4 is 5.73 Å². The zero-order valence-electron chi connectivity index (χ0n) is 8.91. The lowest BCUT2D eigenvalue weighted by molar-refractivity contribution is -0.194. The van der Waals surface area contributed by atoms with Gasteiger partial charge in [-0.15, -0.1) is 0 Å². The van der Waals surface area contributed by atoms with Gasteiger partial charge in [0, 0.05) is 26.2 Å². The van der Waals surface area contributed by atoms with Gasteiger partial charge in [-0.05, 0) is 6.42 Å². The van der Waals surface area contributed by atoms with Crippen LogP contribution >= 0.6 is 0 Å². The summed E-state index contributed by atoms with van der Waals surface area (Å²) < 4.78 is 9.97. The van der Waals surface area contributed by atoms with Gasteiger partial charge in [0.1, 0.15) is 6.10 Å². The van der Waals surface area contributed by atoms with Gasteiger partial charge in [0.05, 0.1) is 0 Å². The van der Waals surface area contributed by atoms with Crippen LogP contribution in [-0.4, -0.2) is 38.3 Å². The molecule has 0 amide bonds. The molecule has 0 fully saturated rings. The number of ether oxygens (including phenoxy) is 2. The molecule has 0 aliphatic heterocycles. The van der Waals surface area contributed by atoms with Crippen molar-refractivity contribution >= 4 is 0 Å². The second-order valence-electron chi connectivity index (χ2n) is 3.50. The van der Waals surface area contributed by atoms with Gasteiger partial charge in [0.15, 0.2) is 6.29 Å². The van der Waals surface area contributed by atoms with Crippen LogP contribution in [0.15, 0.2) is 0 Å². The highest BCUT2D eigenvalue weighted by molar-refractivity contribution is 4.84. The Bertz CT molecular complexity index is 133. The van der Waals surface area contributed by atoms with E-state index in [-0.39, 0.29) is 5.41 Å². The second-order valence-corrected chi connectivity index (χ2v) is 3.50. The summed E-state index contributed by atoms with van der Waals surface area (Å²) in [6, 6.07) is 0. The van der Waals surface area contributed by atoms with E-state index in [1.54, 1.807) is 0 Å². The first-order valence-corrected chi connectivity index (χ1v) is 4.49. The molecule has 0 spiro atoms. The number of aliphatic hydroxyl groups excluding tert-OH is 1. The van der Waals surface area contributed by atoms with Crippen molar-refractivity contribution in [3.05, 3.63) is 0 Å². The largest absolute Gasteiger partial charge is 0.387 e. The summed E-state index contributed by atoms with van der Waals surface area (Å²) in [6.45, 7) is 4.31. The fourth-order valence-corrected chi connectivity index (χ4v) is 1.16. The van der Waals surface area contributed by atoms with Crippen molar-refractivity contribution in [1.29, 1.82) is 0 Å². The van der Waals surface area contributed by atoms with E-state index < -0.39 is 12.4 Å². The Labute approximate surface area is 80.0 Å². The van der Waals surface area contributed by atoms with Gasteiger partial charge < -0.3 is 20.3 Å². The van der Waals surface area contributed by atoms with Crippen molar-refractivity contribution in [2.45, 2.75) is 32.7 Å². The number of aliphatic hydroxyl groups is 1. The third kappa shape index (κ3) is 2.91. The SMILES string of the molecule is CCC(C)(CN)C(O)C(OC)OC. The lowest BCUT2D eigenvalue weighted by Crippen LogP contribution is -2.47. The molecule has 0 aromatic rings. The zero-order valence-corrected chi connectivity index (χ0v) is 8.91. The van der Waals surface area contributed by atoms with Gasteiger partial charge in [-0.3, -0.25) is 0 Å². The minimum absolute atomic E-state index is 0.351. The zero-order chi connectivity index (χ0) is 10.5. The Morgan fingerprint density at radius 1 is 1.38 bits per heavy atom. The van der Waals surface area contributed by atoms with Crippen molar-refractivity contribution in [3.63, 3.8) is 0 Å². The van der Waals surface area contributed by atoms with E-state index in [9.17, 15) is 5.11 Å². The highest BCUT2D eigenvalue weighted by Gasteiger charge is 2.36. The average Bonchev–Trinajstić information content (AvgIpc) is 2.18. The van der Waals surface area contributed by atoms with E-state index >= 15 is 0 Å². The molecular weight excluding hydrogens is 170 g/mol. The minimum atomic E-state index is -0.697. The fourth-order valence-electron chi connectivity index (χ4n) is 1.16. The number of hydrogen-bond donors (Lipinski definition) is 2. The quantitative estimate of drug-likeness (QED) is 0.594. The molecule has 0 saturated carbocycles. The molecule has 0 aromatic carbocycles. The molecule has 80 valence electrons. The van der Waals surface area contributed by atoms with Crippen molar-refractivity contribution in [2.75, 3.05) is 20.8 Å². The standard InChI is InChI=1S/C9H21NO3/c1-5-9(2,6-10)7(11)8(12-3)13-4/h7-8,11H,5-6,10H2,1-4H3. The fraction of sp³-hybridized carbons (Fsp3) is 1.00. The molecule has 0 bridgehead atoms. The van der Waals surface area contributed by atoms with Crippen molar-refractivity contribution in [2.24, 2.45) is 11.1 Å². The van der Waals surface area contributed by atoms with Crippen LogP contribution in [0.3, 0.4) is 0 Å². The molecular formula is C9H21NO3. The van der Waals surface area contributed by atoms with E-state index in [0.29, 0.717) is 6.54 Å². The molecule has 0 heterocycles. The second kappa shape index (κ2) is 5.54. The van der Waals surface area contributed by atoms with E-state index in [1.165, 1.54) is 14.2 Å². The summed E-state index contributed by atoms with van der Waals surface area (Å²) in [5, 5.41) is 9.90. The monoisotopic (exact) mass is 191 g/mol. The molecule has 0 aliphatic carbocycles. The van der Waals surface area contributed by atoms with Crippen molar-refractivity contribution < 1.29 is 14.6 Å². The molecule has 0 radical (unpaired) electrons. The molecule has 2 unspecified atom stereocenters. The van der Waals surface area contributed by atoms with Crippen LogP contribution in [0.25, 0.3) is 0 Å². The maximum Gasteiger partial charge on any atom is 0.183 e. The van der Waals surface area contributed by atoms with Gasteiger partial charge in [0.25, 0.3) is 0 Å². The molecule has 4 nitrogen and oxygen atoms in total. The number of methoxy groups -OCH3 is 2. The normalized spacial score (nSPS) is 18.7. The van der Waals surface area contributed by atoms with Crippen LogP contribution in [0, 0.1) is 5.41 Å². The first-order chi connectivity index (χ1) is 6.05. The van der Waals surface area contributed by atoms with Crippen LogP contribution in [0.5, 0.6) is 0 Å². The van der Waals surface area contributed by atoms with Crippen LogP contribution in [0.2, 0.25) is 0 Å².